The number of para-hydroxylation sites is 1. The van der Waals surface area contributed by atoms with Crippen LogP contribution in [0.2, 0.25) is 0 Å². The van der Waals surface area contributed by atoms with Crippen molar-refractivity contribution in [2.45, 2.75) is 13.1 Å². The van der Waals surface area contributed by atoms with E-state index in [-0.39, 0.29) is 17.0 Å². The van der Waals surface area contributed by atoms with Crippen molar-refractivity contribution in [2.75, 3.05) is 4.90 Å². The minimum atomic E-state index is -0.815. The van der Waals surface area contributed by atoms with Crippen molar-refractivity contribution >= 4 is 17.3 Å². The summed E-state index contributed by atoms with van der Waals surface area (Å²) in [6, 6.07) is 25.9. The van der Waals surface area contributed by atoms with Crippen LogP contribution in [0.25, 0.3) is 0 Å². The number of rotatable bonds is 8. The summed E-state index contributed by atoms with van der Waals surface area (Å²) in [6.45, 7) is 0.927. The predicted octanol–water partition coefficient (Wildman–Crippen LogP) is 4.97. The molecule has 0 N–H and O–H groups in total. The van der Waals surface area contributed by atoms with Gasteiger partial charge in [0.05, 0.1) is 17.0 Å². The molecule has 34 heavy (non-hydrogen) atoms. The molecule has 8 nitrogen and oxygen atoms in total. The van der Waals surface area contributed by atoms with Gasteiger partial charge in [-0.3, -0.25) is 14.9 Å². The van der Waals surface area contributed by atoms with E-state index in [0.29, 0.717) is 18.8 Å². The fourth-order valence-electron chi connectivity index (χ4n) is 3.34. The largest absolute Gasteiger partial charge is 0.463 e. The first-order valence-corrected chi connectivity index (χ1v) is 10.4. The van der Waals surface area contributed by atoms with Gasteiger partial charge in [-0.25, -0.2) is 4.79 Å². The first kappa shape index (κ1) is 22.5. The topological polar surface area (TPSA) is 103 Å². The van der Waals surface area contributed by atoms with Crippen LogP contribution in [0.15, 0.2) is 106 Å². The molecular formula is C26H20N2O6. The fourth-order valence-corrected chi connectivity index (χ4v) is 3.34. The average molecular weight is 456 g/mol. The standard InChI is InChI=1S/C26H20N2O6/c29-24-15-23(17-27(21-9-5-2-6-10-21)16-19-7-3-1-4-8-19)33-18-25(24)34-26(30)20-11-13-22(14-12-20)28(31)32/h1-15,18H,16-17H2. The number of carbonyl (C=O) groups is 1. The van der Waals surface area contributed by atoms with Gasteiger partial charge in [-0.15, -0.1) is 0 Å². The van der Waals surface area contributed by atoms with Crippen LogP contribution >= 0.6 is 0 Å². The van der Waals surface area contributed by atoms with Crippen molar-refractivity contribution in [3.05, 3.63) is 134 Å². The molecule has 0 aliphatic rings. The highest BCUT2D eigenvalue weighted by atomic mass is 16.6. The van der Waals surface area contributed by atoms with Crippen LogP contribution in [-0.2, 0) is 13.1 Å². The Morgan fingerprint density at radius 1 is 0.912 bits per heavy atom. The molecule has 3 aromatic carbocycles. The monoisotopic (exact) mass is 456 g/mol. The molecule has 4 aromatic rings. The number of hydrogen-bond acceptors (Lipinski definition) is 7. The van der Waals surface area contributed by atoms with Gasteiger partial charge in [-0.2, -0.15) is 0 Å². The maximum Gasteiger partial charge on any atom is 0.343 e. The summed E-state index contributed by atoms with van der Waals surface area (Å²) >= 11 is 0. The van der Waals surface area contributed by atoms with E-state index >= 15 is 0 Å². The number of nitro groups is 1. The minimum Gasteiger partial charge on any atom is -0.463 e. The maximum absolute atomic E-state index is 12.6. The molecular weight excluding hydrogens is 436 g/mol. The molecule has 4 rings (SSSR count). The highest BCUT2D eigenvalue weighted by Crippen LogP contribution is 2.20. The Bertz CT molecular complexity index is 1340. The molecule has 0 spiro atoms. The lowest BCUT2D eigenvalue weighted by Crippen LogP contribution is -2.23. The van der Waals surface area contributed by atoms with E-state index in [1.807, 2.05) is 60.7 Å². The Balaban J connectivity index is 1.50. The Morgan fingerprint density at radius 2 is 1.56 bits per heavy atom. The lowest BCUT2D eigenvalue weighted by molar-refractivity contribution is -0.384. The highest BCUT2D eigenvalue weighted by Gasteiger charge is 2.16. The van der Waals surface area contributed by atoms with E-state index in [0.717, 1.165) is 17.5 Å². The summed E-state index contributed by atoms with van der Waals surface area (Å²) in [5, 5.41) is 10.8. The van der Waals surface area contributed by atoms with Gasteiger partial charge in [0, 0.05) is 30.4 Å². The quantitative estimate of drug-likeness (QED) is 0.209. The zero-order valence-electron chi connectivity index (χ0n) is 18.0. The molecule has 0 unspecified atom stereocenters. The van der Waals surface area contributed by atoms with Crippen LogP contribution in [0.1, 0.15) is 21.7 Å². The number of non-ortho nitro benzene ring substituents is 1. The summed E-state index contributed by atoms with van der Waals surface area (Å²) in [6.07, 6.45) is 1.10. The highest BCUT2D eigenvalue weighted by molar-refractivity contribution is 5.91. The first-order valence-electron chi connectivity index (χ1n) is 10.4. The zero-order chi connectivity index (χ0) is 23.9. The van der Waals surface area contributed by atoms with Gasteiger partial charge in [-0.1, -0.05) is 48.5 Å². The zero-order valence-corrected chi connectivity index (χ0v) is 18.0. The Morgan fingerprint density at radius 3 is 2.18 bits per heavy atom. The second kappa shape index (κ2) is 10.3. The van der Waals surface area contributed by atoms with E-state index in [2.05, 4.69) is 4.90 Å². The predicted molar refractivity (Wildman–Crippen MR) is 126 cm³/mol. The van der Waals surface area contributed by atoms with E-state index in [1.54, 1.807) is 0 Å². The van der Waals surface area contributed by atoms with Crippen molar-refractivity contribution < 1.29 is 18.9 Å². The van der Waals surface area contributed by atoms with Crippen LogP contribution in [0.5, 0.6) is 5.75 Å². The number of ether oxygens (including phenoxy) is 1. The fraction of sp³-hybridized carbons (Fsp3) is 0.0769. The van der Waals surface area contributed by atoms with Gasteiger partial charge in [0.15, 0.2) is 0 Å². The first-order chi connectivity index (χ1) is 16.5. The van der Waals surface area contributed by atoms with Gasteiger partial charge in [0.2, 0.25) is 11.2 Å². The number of carbonyl (C=O) groups excluding carboxylic acids is 1. The lowest BCUT2D eigenvalue weighted by atomic mass is 10.2. The Kier molecular flexibility index (Phi) is 6.78. The molecule has 0 bridgehead atoms. The summed E-state index contributed by atoms with van der Waals surface area (Å²) in [5.74, 6) is -0.675. The number of hydrogen-bond donors (Lipinski definition) is 0. The average Bonchev–Trinajstić information content (AvgIpc) is 2.86. The molecule has 0 saturated carbocycles. The van der Waals surface area contributed by atoms with Crippen molar-refractivity contribution in [1.82, 2.24) is 0 Å². The summed E-state index contributed by atoms with van der Waals surface area (Å²) < 4.78 is 10.8. The van der Waals surface area contributed by atoms with E-state index in [1.165, 1.54) is 30.3 Å². The normalized spacial score (nSPS) is 10.5. The SMILES string of the molecule is O=C(Oc1coc(CN(Cc2ccccc2)c2ccccc2)cc1=O)c1ccc([N+](=O)[O-])cc1. The maximum atomic E-state index is 12.6. The summed E-state index contributed by atoms with van der Waals surface area (Å²) in [4.78, 5) is 37.1. The van der Waals surface area contributed by atoms with Crippen LogP contribution in [0.3, 0.4) is 0 Å². The second-order valence-corrected chi connectivity index (χ2v) is 7.45. The molecule has 1 heterocycles. The molecule has 170 valence electrons. The molecule has 0 saturated heterocycles. The summed E-state index contributed by atoms with van der Waals surface area (Å²) in [5.41, 5.74) is 1.47. The van der Waals surface area contributed by atoms with Crippen LogP contribution < -0.4 is 15.1 Å². The molecule has 0 atom stereocenters. The second-order valence-electron chi connectivity index (χ2n) is 7.45. The molecule has 8 heteroatoms. The summed E-state index contributed by atoms with van der Waals surface area (Å²) in [7, 11) is 0. The number of nitro benzene ring substituents is 1. The molecule has 0 aliphatic heterocycles. The molecule has 0 radical (unpaired) electrons. The number of anilines is 1. The van der Waals surface area contributed by atoms with Crippen molar-refractivity contribution in [2.24, 2.45) is 0 Å². The van der Waals surface area contributed by atoms with Gasteiger partial charge in [0.25, 0.3) is 5.69 Å². The third-order valence-electron chi connectivity index (χ3n) is 5.05. The third-order valence-corrected chi connectivity index (χ3v) is 5.05. The van der Waals surface area contributed by atoms with Crippen molar-refractivity contribution in [1.29, 1.82) is 0 Å². The number of benzene rings is 3. The molecule has 0 fully saturated rings. The van der Waals surface area contributed by atoms with Crippen molar-refractivity contribution in [3.63, 3.8) is 0 Å². The van der Waals surface area contributed by atoms with Crippen LogP contribution in [0.4, 0.5) is 11.4 Å². The Hall–Kier alpha value is -4.72. The molecule has 0 amide bonds. The van der Waals surface area contributed by atoms with Crippen LogP contribution in [-0.4, -0.2) is 10.9 Å². The Labute approximate surface area is 194 Å². The minimum absolute atomic E-state index is 0.0761. The number of nitrogens with zero attached hydrogens (tertiary/aromatic N) is 2. The smallest absolute Gasteiger partial charge is 0.343 e. The van der Waals surface area contributed by atoms with E-state index in [4.69, 9.17) is 9.15 Å². The van der Waals surface area contributed by atoms with Gasteiger partial charge < -0.3 is 14.1 Å². The molecule has 1 aromatic heterocycles. The van der Waals surface area contributed by atoms with Gasteiger partial charge in [-0.05, 0) is 29.8 Å². The third kappa shape index (κ3) is 5.55. The lowest BCUT2D eigenvalue weighted by Gasteiger charge is -2.24. The number of esters is 1. The van der Waals surface area contributed by atoms with Gasteiger partial charge >= 0.3 is 5.97 Å². The van der Waals surface area contributed by atoms with Gasteiger partial charge in [0.1, 0.15) is 12.0 Å². The van der Waals surface area contributed by atoms with Crippen molar-refractivity contribution in [3.8, 4) is 5.75 Å². The molecule has 0 aliphatic carbocycles. The van der Waals surface area contributed by atoms with Crippen LogP contribution in [0, 0.1) is 10.1 Å². The van der Waals surface area contributed by atoms with E-state index in [9.17, 15) is 19.7 Å². The van der Waals surface area contributed by atoms with E-state index < -0.39 is 16.3 Å².